The molecule has 3 rings (SSSR count). The highest BCUT2D eigenvalue weighted by atomic mass is 32.1. The number of aromatic nitrogens is 2. The number of hydrogen-bond donors (Lipinski definition) is 2. The van der Waals surface area contributed by atoms with Gasteiger partial charge < -0.3 is 10.6 Å². The van der Waals surface area contributed by atoms with Crippen LogP contribution < -0.4 is 10.6 Å². The van der Waals surface area contributed by atoms with Crippen LogP contribution in [0.2, 0.25) is 0 Å². The van der Waals surface area contributed by atoms with Crippen molar-refractivity contribution < 1.29 is 9.59 Å². The van der Waals surface area contributed by atoms with Crippen LogP contribution in [0.5, 0.6) is 0 Å². The first kappa shape index (κ1) is 17.0. The Morgan fingerprint density at radius 1 is 1.00 bits per heavy atom. The molecule has 0 aliphatic heterocycles. The molecule has 1 aromatic carbocycles. The third-order valence-corrected chi connectivity index (χ3v) is 4.41. The van der Waals surface area contributed by atoms with E-state index in [9.17, 15) is 9.59 Å². The van der Waals surface area contributed by atoms with Gasteiger partial charge in [-0.1, -0.05) is 18.2 Å². The maximum Gasteiger partial charge on any atom is 0.270 e. The Bertz CT molecular complexity index is 887. The molecular weight excluding hydrogens is 336 g/mol. The van der Waals surface area contributed by atoms with Crippen molar-refractivity contribution in [2.45, 2.75) is 26.4 Å². The highest BCUT2D eigenvalue weighted by Gasteiger charge is 2.13. The van der Waals surface area contributed by atoms with Gasteiger partial charge in [-0.05, 0) is 38.1 Å². The molecule has 6 nitrogen and oxygen atoms in total. The Morgan fingerprint density at radius 2 is 1.72 bits per heavy atom. The molecule has 0 aliphatic rings. The minimum atomic E-state index is -0.335. The van der Waals surface area contributed by atoms with Crippen LogP contribution in [0.25, 0.3) is 10.2 Å². The van der Waals surface area contributed by atoms with E-state index in [-0.39, 0.29) is 29.2 Å². The van der Waals surface area contributed by atoms with Gasteiger partial charge in [-0.3, -0.25) is 9.59 Å². The van der Waals surface area contributed by atoms with Crippen molar-refractivity contribution in [2.75, 3.05) is 0 Å². The summed E-state index contributed by atoms with van der Waals surface area (Å²) in [7, 11) is 0. The summed E-state index contributed by atoms with van der Waals surface area (Å²) in [4.78, 5) is 32.9. The second kappa shape index (κ2) is 7.40. The van der Waals surface area contributed by atoms with Crippen molar-refractivity contribution >= 4 is 33.4 Å². The van der Waals surface area contributed by atoms with Crippen molar-refractivity contribution in [1.29, 1.82) is 0 Å². The Labute approximate surface area is 149 Å². The zero-order valence-electron chi connectivity index (χ0n) is 13.9. The fourth-order valence-electron chi connectivity index (χ4n) is 2.27. The van der Waals surface area contributed by atoms with Crippen LogP contribution in [-0.4, -0.2) is 27.8 Å². The number of thiazole rings is 1. The number of fused-ring (bicyclic) bond motifs is 1. The summed E-state index contributed by atoms with van der Waals surface area (Å²) in [5.74, 6) is -0.630. The number of rotatable bonds is 5. The van der Waals surface area contributed by atoms with Crippen LogP contribution >= 0.6 is 11.3 Å². The monoisotopic (exact) mass is 354 g/mol. The highest BCUT2D eigenvalue weighted by molar-refractivity contribution is 7.18. The normalized spacial score (nSPS) is 10.8. The molecule has 0 saturated heterocycles. The largest absolute Gasteiger partial charge is 0.349 e. The number of carbonyl (C=O) groups is 2. The molecule has 2 amide bonds. The lowest BCUT2D eigenvalue weighted by atomic mass is 10.2. The van der Waals surface area contributed by atoms with Crippen molar-refractivity contribution in [3.8, 4) is 0 Å². The molecule has 0 bridgehead atoms. The summed E-state index contributed by atoms with van der Waals surface area (Å²) in [6.45, 7) is 4.06. The molecule has 3 aromatic rings. The van der Waals surface area contributed by atoms with E-state index < -0.39 is 0 Å². The van der Waals surface area contributed by atoms with Crippen LogP contribution in [0.15, 0.2) is 42.5 Å². The molecule has 0 atom stereocenters. The number of hydrogen-bond acceptors (Lipinski definition) is 5. The Balaban J connectivity index is 1.67. The maximum absolute atomic E-state index is 12.3. The maximum atomic E-state index is 12.3. The van der Waals surface area contributed by atoms with Gasteiger partial charge in [0, 0.05) is 6.04 Å². The smallest absolute Gasteiger partial charge is 0.270 e. The van der Waals surface area contributed by atoms with E-state index in [2.05, 4.69) is 20.6 Å². The molecule has 2 heterocycles. The van der Waals surface area contributed by atoms with E-state index in [1.807, 2.05) is 38.1 Å². The third kappa shape index (κ3) is 4.19. The predicted octanol–water partition coefficient (Wildman–Crippen LogP) is 2.76. The highest BCUT2D eigenvalue weighted by Crippen LogP contribution is 2.21. The van der Waals surface area contributed by atoms with Crippen molar-refractivity contribution in [1.82, 2.24) is 20.6 Å². The zero-order chi connectivity index (χ0) is 17.8. The average Bonchev–Trinajstić information content (AvgIpc) is 3.02. The number of benzene rings is 1. The SMILES string of the molecule is CC(C)NC(=O)c1cccc(C(=O)NCc2nc3ccccc3s2)n1. The van der Waals surface area contributed by atoms with E-state index in [0.717, 1.165) is 15.2 Å². The summed E-state index contributed by atoms with van der Waals surface area (Å²) < 4.78 is 1.08. The molecule has 2 N–H and O–H groups in total. The van der Waals surface area contributed by atoms with Gasteiger partial charge in [-0.15, -0.1) is 11.3 Å². The summed E-state index contributed by atoms with van der Waals surface area (Å²) in [6, 6.07) is 12.6. The number of nitrogens with zero attached hydrogens (tertiary/aromatic N) is 2. The molecular formula is C18H18N4O2S. The van der Waals surface area contributed by atoms with E-state index in [4.69, 9.17) is 0 Å². The van der Waals surface area contributed by atoms with E-state index >= 15 is 0 Å². The van der Waals surface area contributed by atoms with Crippen molar-refractivity contribution in [3.63, 3.8) is 0 Å². The molecule has 25 heavy (non-hydrogen) atoms. The summed E-state index contributed by atoms with van der Waals surface area (Å²) >= 11 is 1.54. The summed E-state index contributed by atoms with van der Waals surface area (Å²) in [5.41, 5.74) is 1.35. The van der Waals surface area contributed by atoms with Crippen molar-refractivity contribution in [3.05, 3.63) is 58.9 Å². The van der Waals surface area contributed by atoms with Crippen LogP contribution in [-0.2, 0) is 6.54 Å². The third-order valence-electron chi connectivity index (χ3n) is 3.37. The van der Waals surface area contributed by atoms with Gasteiger partial charge in [0.15, 0.2) is 0 Å². The fraction of sp³-hybridized carbons (Fsp3) is 0.222. The molecule has 2 aromatic heterocycles. The minimum absolute atomic E-state index is 0.00539. The second-order valence-corrected chi connectivity index (χ2v) is 6.91. The van der Waals surface area contributed by atoms with E-state index in [0.29, 0.717) is 6.54 Å². The Hall–Kier alpha value is -2.80. The summed E-state index contributed by atoms with van der Waals surface area (Å²) in [6.07, 6.45) is 0. The predicted molar refractivity (Wildman–Crippen MR) is 97.6 cm³/mol. The van der Waals surface area contributed by atoms with Gasteiger partial charge in [-0.25, -0.2) is 9.97 Å². The zero-order valence-corrected chi connectivity index (χ0v) is 14.8. The number of nitrogens with one attached hydrogen (secondary N) is 2. The number of para-hydroxylation sites is 1. The number of pyridine rings is 1. The van der Waals surface area contributed by atoms with Crippen LogP contribution in [0.3, 0.4) is 0 Å². The van der Waals surface area contributed by atoms with Gasteiger partial charge in [0.2, 0.25) is 0 Å². The van der Waals surface area contributed by atoms with E-state index in [1.54, 1.807) is 18.2 Å². The molecule has 7 heteroatoms. The molecule has 0 unspecified atom stereocenters. The van der Waals surface area contributed by atoms with Gasteiger partial charge >= 0.3 is 0 Å². The Kier molecular flexibility index (Phi) is 5.04. The Morgan fingerprint density at radius 3 is 2.44 bits per heavy atom. The lowest BCUT2D eigenvalue weighted by Gasteiger charge is -2.08. The van der Waals surface area contributed by atoms with Crippen LogP contribution in [0.4, 0.5) is 0 Å². The second-order valence-electron chi connectivity index (χ2n) is 5.79. The number of amides is 2. The van der Waals surface area contributed by atoms with E-state index in [1.165, 1.54) is 11.3 Å². The number of carbonyl (C=O) groups excluding carboxylic acids is 2. The fourth-order valence-corrected chi connectivity index (χ4v) is 3.17. The lowest BCUT2D eigenvalue weighted by molar-refractivity contribution is 0.0936. The molecule has 0 fully saturated rings. The van der Waals surface area contributed by atoms with Crippen LogP contribution in [0, 0.1) is 0 Å². The standard InChI is InChI=1S/C18H18N4O2S/c1-11(2)20-18(24)14-8-5-7-13(21-14)17(23)19-10-16-22-12-6-3-4-9-15(12)25-16/h3-9,11H,10H2,1-2H3,(H,19,23)(H,20,24). The van der Waals surface area contributed by atoms with Gasteiger partial charge in [0.1, 0.15) is 16.4 Å². The average molecular weight is 354 g/mol. The molecule has 0 radical (unpaired) electrons. The van der Waals surface area contributed by atoms with Gasteiger partial charge in [0.05, 0.1) is 16.8 Å². The first-order chi connectivity index (χ1) is 12.0. The first-order valence-electron chi connectivity index (χ1n) is 7.93. The first-order valence-corrected chi connectivity index (χ1v) is 8.75. The van der Waals surface area contributed by atoms with Crippen LogP contribution in [0.1, 0.15) is 39.8 Å². The molecule has 0 aliphatic carbocycles. The topological polar surface area (TPSA) is 84.0 Å². The van der Waals surface area contributed by atoms with Gasteiger partial charge in [-0.2, -0.15) is 0 Å². The lowest BCUT2D eigenvalue weighted by Crippen LogP contribution is -2.31. The molecule has 128 valence electrons. The molecule has 0 saturated carbocycles. The quantitative estimate of drug-likeness (QED) is 0.738. The van der Waals surface area contributed by atoms with Crippen molar-refractivity contribution in [2.24, 2.45) is 0 Å². The molecule has 0 spiro atoms. The minimum Gasteiger partial charge on any atom is -0.349 e. The van der Waals surface area contributed by atoms with Gasteiger partial charge in [0.25, 0.3) is 11.8 Å². The summed E-state index contributed by atoms with van der Waals surface area (Å²) in [5, 5.41) is 6.38.